The summed E-state index contributed by atoms with van der Waals surface area (Å²) < 4.78 is 33.4. The number of carbonyl (C=O) groups is 2. The molecule has 0 saturated heterocycles. The second-order valence-electron chi connectivity index (χ2n) is 11.5. The zero-order chi connectivity index (χ0) is 32.9. The van der Waals surface area contributed by atoms with E-state index in [9.17, 15) is 19.0 Å². The van der Waals surface area contributed by atoms with Gasteiger partial charge in [0.1, 0.15) is 19.8 Å². The lowest BCUT2D eigenvalue weighted by Crippen LogP contribution is -2.37. The molecule has 10 heteroatoms. The molecular weight excluding hydrogens is 581 g/mol. The Hall–Kier alpha value is -2.29. The highest BCUT2D eigenvalue weighted by molar-refractivity contribution is 7.45. The third-order valence-corrected chi connectivity index (χ3v) is 7.09. The molecule has 0 saturated carbocycles. The molecular formula is C34H58NO8P. The van der Waals surface area contributed by atoms with Gasteiger partial charge < -0.3 is 27.9 Å². The molecule has 0 aromatic carbocycles. The van der Waals surface area contributed by atoms with Crippen LogP contribution in [0.1, 0.15) is 90.9 Å². The number of ether oxygens (including phenoxy) is 2. The number of quaternary nitrogens is 1. The second kappa shape index (κ2) is 27.1. The number of likely N-dealkylation sites (N-methyl/N-ethyl adjacent to an activating group) is 1. The molecule has 0 spiro atoms. The van der Waals surface area contributed by atoms with Gasteiger partial charge in [0.05, 0.1) is 27.7 Å². The number of hydrogen-bond acceptors (Lipinski definition) is 8. The summed E-state index contributed by atoms with van der Waals surface area (Å²) in [6, 6.07) is 0. The largest absolute Gasteiger partial charge is 0.756 e. The molecule has 44 heavy (non-hydrogen) atoms. The van der Waals surface area contributed by atoms with Gasteiger partial charge in [0, 0.05) is 12.8 Å². The van der Waals surface area contributed by atoms with Crippen LogP contribution in [0, 0.1) is 0 Å². The van der Waals surface area contributed by atoms with Gasteiger partial charge in [0.2, 0.25) is 0 Å². The van der Waals surface area contributed by atoms with Crippen molar-refractivity contribution in [1.29, 1.82) is 0 Å². The van der Waals surface area contributed by atoms with Crippen LogP contribution in [-0.2, 0) is 32.7 Å². The number of hydrogen-bond donors (Lipinski definition) is 0. The fourth-order valence-electron chi connectivity index (χ4n) is 3.56. The molecule has 252 valence electrons. The van der Waals surface area contributed by atoms with Gasteiger partial charge in [-0.3, -0.25) is 14.2 Å². The third-order valence-electron chi connectivity index (χ3n) is 6.13. The lowest BCUT2D eigenvalue weighted by molar-refractivity contribution is -0.870. The van der Waals surface area contributed by atoms with E-state index < -0.39 is 32.5 Å². The van der Waals surface area contributed by atoms with E-state index in [1.807, 2.05) is 63.7 Å². The van der Waals surface area contributed by atoms with Crippen LogP contribution in [0.2, 0.25) is 0 Å². The smallest absolute Gasteiger partial charge is 0.306 e. The van der Waals surface area contributed by atoms with Gasteiger partial charge >= 0.3 is 11.9 Å². The normalized spacial score (nSPS) is 14.8. The fraction of sp³-hybridized carbons (Fsp3) is 0.647. The second-order valence-corrected chi connectivity index (χ2v) is 12.9. The molecule has 2 unspecified atom stereocenters. The number of phosphoric acid groups is 1. The summed E-state index contributed by atoms with van der Waals surface area (Å²) in [5.41, 5.74) is 0. The molecule has 0 aromatic heterocycles. The van der Waals surface area contributed by atoms with Crippen molar-refractivity contribution in [2.24, 2.45) is 0 Å². The van der Waals surface area contributed by atoms with Gasteiger partial charge in [0.15, 0.2) is 6.10 Å². The lowest BCUT2D eigenvalue weighted by atomic mass is 10.1. The molecule has 0 aromatic rings. The molecule has 0 radical (unpaired) electrons. The number of carbonyl (C=O) groups excluding carboxylic acids is 2. The summed E-state index contributed by atoms with van der Waals surface area (Å²) in [4.78, 5) is 36.9. The van der Waals surface area contributed by atoms with Crippen LogP contribution in [0.3, 0.4) is 0 Å². The number of allylic oxidation sites excluding steroid dienone is 10. The maximum absolute atomic E-state index is 12.5. The van der Waals surface area contributed by atoms with Gasteiger partial charge in [-0.15, -0.1) is 0 Å². The number of rotatable bonds is 27. The van der Waals surface area contributed by atoms with E-state index in [-0.39, 0.29) is 26.1 Å². The first kappa shape index (κ1) is 41.7. The summed E-state index contributed by atoms with van der Waals surface area (Å²) in [6.45, 7) is 3.86. The van der Waals surface area contributed by atoms with E-state index in [1.165, 1.54) is 6.42 Å². The third kappa shape index (κ3) is 29.8. The predicted molar refractivity (Wildman–Crippen MR) is 176 cm³/mol. The molecule has 9 nitrogen and oxygen atoms in total. The van der Waals surface area contributed by atoms with E-state index >= 15 is 0 Å². The van der Waals surface area contributed by atoms with Gasteiger partial charge in [-0.1, -0.05) is 93.9 Å². The number of nitrogens with zero attached hydrogens (tertiary/aromatic N) is 1. The molecule has 0 amide bonds. The summed E-state index contributed by atoms with van der Waals surface area (Å²) in [5, 5.41) is 0. The van der Waals surface area contributed by atoms with Crippen LogP contribution in [-0.4, -0.2) is 70.0 Å². The van der Waals surface area contributed by atoms with Crippen LogP contribution in [0.4, 0.5) is 0 Å². The monoisotopic (exact) mass is 639 g/mol. The van der Waals surface area contributed by atoms with Crippen LogP contribution in [0.15, 0.2) is 60.8 Å². The minimum Gasteiger partial charge on any atom is -0.756 e. The summed E-state index contributed by atoms with van der Waals surface area (Å²) in [7, 11) is 1.10. The van der Waals surface area contributed by atoms with Crippen molar-refractivity contribution in [1.82, 2.24) is 0 Å². The minimum atomic E-state index is -4.63. The van der Waals surface area contributed by atoms with E-state index in [4.69, 9.17) is 18.5 Å². The van der Waals surface area contributed by atoms with Crippen molar-refractivity contribution in [2.75, 3.05) is 47.5 Å². The number of phosphoric ester groups is 1. The Balaban J connectivity index is 4.66. The first-order valence-corrected chi connectivity index (χ1v) is 17.5. The van der Waals surface area contributed by atoms with Gasteiger partial charge in [0.25, 0.3) is 7.82 Å². The molecule has 0 heterocycles. The molecule has 0 rings (SSSR count). The maximum atomic E-state index is 12.5. The lowest BCUT2D eigenvalue weighted by Gasteiger charge is -2.28. The van der Waals surface area contributed by atoms with Crippen molar-refractivity contribution < 1.29 is 42.1 Å². The number of esters is 2. The Kier molecular flexibility index (Phi) is 25.6. The molecule has 0 aliphatic rings. The topological polar surface area (TPSA) is 111 Å². The zero-order valence-corrected chi connectivity index (χ0v) is 28.7. The molecule has 2 atom stereocenters. The van der Waals surface area contributed by atoms with Crippen molar-refractivity contribution in [3.05, 3.63) is 60.8 Å². The first-order chi connectivity index (χ1) is 21.0. The van der Waals surface area contributed by atoms with Crippen LogP contribution in [0.5, 0.6) is 0 Å². The summed E-state index contributed by atoms with van der Waals surface area (Å²) in [5.74, 6) is -0.959. The molecule has 0 N–H and O–H groups in total. The van der Waals surface area contributed by atoms with Crippen LogP contribution >= 0.6 is 7.82 Å². The van der Waals surface area contributed by atoms with E-state index in [0.717, 1.165) is 44.9 Å². The van der Waals surface area contributed by atoms with E-state index in [1.54, 1.807) is 0 Å². The average Bonchev–Trinajstić information content (AvgIpc) is 2.95. The number of unbranched alkanes of at least 4 members (excludes halogenated alkanes) is 6. The fourth-order valence-corrected chi connectivity index (χ4v) is 4.29. The summed E-state index contributed by atoms with van der Waals surface area (Å²) in [6.07, 6.45) is 28.7. The molecule has 0 fully saturated rings. The Labute approximate surface area is 266 Å². The maximum Gasteiger partial charge on any atom is 0.306 e. The first-order valence-electron chi connectivity index (χ1n) is 16.0. The minimum absolute atomic E-state index is 0.0468. The molecule has 0 bridgehead atoms. The quantitative estimate of drug-likeness (QED) is 0.0233. The SMILES string of the molecule is CC/C=C/C=C/C=C/C=C/CCCCCC(=O)OC(COC(=O)CC/C=C/CCCCC)COP(=O)([O-])OCC[N+](C)(C)C. The molecule has 0 aliphatic carbocycles. The molecule has 0 aliphatic heterocycles. The van der Waals surface area contributed by atoms with Gasteiger partial charge in [-0.25, -0.2) is 0 Å². The highest BCUT2D eigenvalue weighted by Gasteiger charge is 2.21. The van der Waals surface area contributed by atoms with Gasteiger partial charge in [-0.05, 0) is 44.9 Å². The zero-order valence-electron chi connectivity index (χ0n) is 27.8. The summed E-state index contributed by atoms with van der Waals surface area (Å²) >= 11 is 0. The average molecular weight is 640 g/mol. The Bertz CT molecular complexity index is 949. The van der Waals surface area contributed by atoms with E-state index in [0.29, 0.717) is 23.9 Å². The Morgan fingerprint density at radius 2 is 1.36 bits per heavy atom. The Morgan fingerprint density at radius 3 is 2.05 bits per heavy atom. The van der Waals surface area contributed by atoms with E-state index in [2.05, 4.69) is 32.1 Å². The Morgan fingerprint density at radius 1 is 0.727 bits per heavy atom. The van der Waals surface area contributed by atoms with Crippen molar-refractivity contribution >= 4 is 19.8 Å². The van der Waals surface area contributed by atoms with Crippen LogP contribution in [0.25, 0.3) is 0 Å². The van der Waals surface area contributed by atoms with Crippen molar-refractivity contribution in [3.63, 3.8) is 0 Å². The van der Waals surface area contributed by atoms with Gasteiger partial charge in [-0.2, -0.15) is 0 Å². The standard InChI is InChI=1S/C34H58NO8P/c1-6-8-10-12-14-15-16-17-18-19-21-23-25-27-34(37)43-32(31-42-44(38,39)41-29-28-35(3,4)5)30-40-33(36)26-24-22-20-13-11-9-7-2/h8,10,12,14-18,20,22,32H,6-7,9,11,13,19,21,23-31H2,1-5H3/b10-8+,14-12+,16-15+,18-17+,22-20+. The predicted octanol–water partition coefficient (Wildman–Crippen LogP) is 7.15. The highest BCUT2D eigenvalue weighted by atomic mass is 31.2. The van der Waals surface area contributed by atoms with Crippen LogP contribution < -0.4 is 4.89 Å². The van der Waals surface area contributed by atoms with Crippen molar-refractivity contribution in [3.8, 4) is 0 Å². The highest BCUT2D eigenvalue weighted by Crippen LogP contribution is 2.38. The van der Waals surface area contributed by atoms with Crippen molar-refractivity contribution in [2.45, 2.75) is 97.0 Å².